The van der Waals surface area contributed by atoms with Crippen molar-refractivity contribution >= 4 is 0 Å². The maximum atomic E-state index is 13.5. The number of nitrogens with zero attached hydrogens (tertiary/aromatic N) is 1. The van der Waals surface area contributed by atoms with Crippen molar-refractivity contribution in [2.24, 2.45) is 5.73 Å². The van der Waals surface area contributed by atoms with E-state index in [2.05, 4.69) is 4.98 Å². The predicted octanol–water partition coefficient (Wildman–Crippen LogP) is 3.43. The lowest BCUT2D eigenvalue weighted by Crippen LogP contribution is -2.20. The van der Waals surface area contributed by atoms with Gasteiger partial charge in [-0.1, -0.05) is 0 Å². The minimum Gasteiger partial charge on any atom is -0.320 e. The molecule has 0 fully saturated rings. The van der Waals surface area contributed by atoms with E-state index in [4.69, 9.17) is 5.73 Å². The molecule has 2 aromatic rings. The van der Waals surface area contributed by atoms with Gasteiger partial charge in [0, 0.05) is 11.8 Å². The van der Waals surface area contributed by atoms with E-state index < -0.39 is 35.0 Å². The van der Waals surface area contributed by atoms with Crippen LogP contribution in [0.2, 0.25) is 0 Å². The van der Waals surface area contributed by atoms with Crippen molar-refractivity contribution in [2.45, 2.75) is 12.2 Å². The molecular weight excluding hydrogens is 279 g/mol. The van der Waals surface area contributed by atoms with Crippen LogP contribution in [0.25, 0.3) is 0 Å². The van der Waals surface area contributed by atoms with Crippen LogP contribution in [-0.4, -0.2) is 4.98 Å². The third kappa shape index (κ3) is 2.77. The van der Waals surface area contributed by atoms with E-state index >= 15 is 0 Å². The normalized spacial score (nSPS) is 13.3. The predicted molar refractivity (Wildman–Crippen MR) is 61.6 cm³/mol. The van der Waals surface area contributed by atoms with Gasteiger partial charge in [0.25, 0.3) is 0 Å². The summed E-state index contributed by atoms with van der Waals surface area (Å²) in [6, 6.07) is 1.65. The van der Waals surface area contributed by atoms with Crippen LogP contribution in [0.1, 0.15) is 22.7 Å². The second-order valence-electron chi connectivity index (χ2n) is 4.10. The average Bonchev–Trinajstić information content (AvgIpc) is 2.37. The van der Waals surface area contributed by atoms with Crippen LogP contribution in [0.3, 0.4) is 0 Å². The van der Waals surface area contributed by atoms with Gasteiger partial charge >= 0.3 is 6.18 Å². The number of halogens is 5. The molecule has 1 aromatic heterocycles. The molecule has 1 unspecified atom stereocenters. The van der Waals surface area contributed by atoms with E-state index in [1.165, 1.54) is 6.20 Å². The number of aromatic nitrogens is 1. The highest BCUT2D eigenvalue weighted by Gasteiger charge is 2.35. The Morgan fingerprint density at radius 1 is 1.05 bits per heavy atom. The SMILES string of the molecule is NC(c1ccncc1F)c1cc(F)ccc1C(F)(F)F. The molecule has 0 amide bonds. The van der Waals surface area contributed by atoms with Gasteiger partial charge < -0.3 is 5.73 Å². The number of hydrogen-bond donors (Lipinski definition) is 1. The zero-order valence-corrected chi connectivity index (χ0v) is 9.96. The molecule has 0 aliphatic rings. The maximum Gasteiger partial charge on any atom is 0.416 e. The fraction of sp³-hybridized carbons (Fsp3) is 0.154. The first kappa shape index (κ1) is 14.4. The number of alkyl halides is 3. The van der Waals surface area contributed by atoms with Crippen molar-refractivity contribution in [3.63, 3.8) is 0 Å². The lowest BCUT2D eigenvalue weighted by molar-refractivity contribution is -0.138. The van der Waals surface area contributed by atoms with Crippen LogP contribution in [0.5, 0.6) is 0 Å². The number of hydrogen-bond acceptors (Lipinski definition) is 2. The summed E-state index contributed by atoms with van der Waals surface area (Å²) < 4.78 is 65.3. The van der Waals surface area contributed by atoms with Gasteiger partial charge in [-0.2, -0.15) is 13.2 Å². The molecule has 7 heteroatoms. The summed E-state index contributed by atoms with van der Waals surface area (Å²) in [4.78, 5) is 3.48. The van der Waals surface area contributed by atoms with Gasteiger partial charge in [0.1, 0.15) is 11.6 Å². The van der Waals surface area contributed by atoms with Crippen molar-refractivity contribution in [1.82, 2.24) is 4.98 Å². The van der Waals surface area contributed by atoms with E-state index in [1.54, 1.807) is 0 Å². The van der Waals surface area contributed by atoms with Gasteiger partial charge in [-0.15, -0.1) is 0 Å². The molecule has 1 atom stereocenters. The Labute approximate surface area is 111 Å². The van der Waals surface area contributed by atoms with E-state index in [-0.39, 0.29) is 5.56 Å². The molecule has 106 valence electrons. The lowest BCUT2D eigenvalue weighted by Gasteiger charge is -2.19. The molecule has 0 aliphatic heterocycles. The van der Waals surface area contributed by atoms with Gasteiger partial charge in [-0.05, 0) is 29.8 Å². The topological polar surface area (TPSA) is 38.9 Å². The van der Waals surface area contributed by atoms with Crippen LogP contribution in [0, 0.1) is 11.6 Å². The second-order valence-corrected chi connectivity index (χ2v) is 4.10. The molecule has 2 N–H and O–H groups in total. The molecule has 1 aromatic carbocycles. The fourth-order valence-corrected chi connectivity index (χ4v) is 1.85. The van der Waals surface area contributed by atoms with Crippen LogP contribution in [-0.2, 0) is 6.18 Å². The van der Waals surface area contributed by atoms with Crippen molar-refractivity contribution < 1.29 is 22.0 Å². The summed E-state index contributed by atoms with van der Waals surface area (Å²) in [6.07, 6.45) is -2.67. The Morgan fingerprint density at radius 2 is 1.75 bits per heavy atom. The maximum absolute atomic E-state index is 13.5. The third-order valence-electron chi connectivity index (χ3n) is 2.79. The molecule has 0 radical (unpaired) electrons. The van der Waals surface area contributed by atoms with Gasteiger partial charge in [-0.25, -0.2) is 8.78 Å². The first-order chi connectivity index (χ1) is 9.30. The smallest absolute Gasteiger partial charge is 0.320 e. The van der Waals surface area contributed by atoms with Crippen molar-refractivity contribution in [3.8, 4) is 0 Å². The Kier molecular flexibility index (Phi) is 3.71. The van der Waals surface area contributed by atoms with Crippen LogP contribution in [0.15, 0.2) is 36.7 Å². The third-order valence-corrected chi connectivity index (χ3v) is 2.79. The molecule has 2 rings (SSSR count). The largest absolute Gasteiger partial charge is 0.416 e. The van der Waals surface area contributed by atoms with Crippen LogP contribution >= 0.6 is 0 Å². The summed E-state index contributed by atoms with van der Waals surface area (Å²) in [5.74, 6) is -1.73. The highest BCUT2D eigenvalue weighted by Crippen LogP contribution is 2.36. The van der Waals surface area contributed by atoms with Crippen molar-refractivity contribution in [3.05, 3.63) is 65.0 Å². The summed E-state index contributed by atoms with van der Waals surface area (Å²) in [7, 11) is 0. The molecule has 0 bridgehead atoms. The fourth-order valence-electron chi connectivity index (χ4n) is 1.85. The number of rotatable bonds is 2. The highest BCUT2D eigenvalue weighted by atomic mass is 19.4. The molecule has 0 aliphatic carbocycles. The molecule has 1 heterocycles. The van der Waals surface area contributed by atoms with Crippen LogP contribution in [0.4, 0.5) is 22.0 Å². The molecule has 0 saturated carbocycles. The number of benzene rings is 1. The minimum absolute atomic E-state index is 0.184. The van der Waals surface area contributed by atoms with Crippen LogP contribution < -0.4 is 5.73 Å². The van der Waals surface area contributed by atoms with Crippen molar-refractivity contribution in [1.29, 1.82) is 0 Å². The molecule has 2 nitrogen and oxygen atoms in total. The van der Waals surface area contributed by atoms with Gasteiger partial charge in [0.05, 0.1) is 17.8 Å². The monoisotopic (exact) mass is 288 g/mol. The zero-order chi connectivity index (χ0) is 14.9. The Bertz CT molecular complexity index is 624. The first-order valence-corrected chi connectivity index (χ1v) is 5.52. The molecule has 20 heavy (non-hydrogen) atoms. The summed E-state index contributed by atoms with van der Waals surface area (Å²) in [6.45, 7) is 0. The van der Waals surface area contributed by atoms with E-state index in [9.17, 15) is 22.0 Å². The summed E-state index contributed by atoms with van der Waals surface area (Å²) in [5.41, 5.74) is 3.84. The number of pyridine rings is 1. The lowest BCUT2D eigenvalue weighted by atomic mass is 9.95. The van der Waals surface area contributed by atoms with Gasteiger partial charge in [0.2, 0.25) is 0 Å². The van der Waals surface area contributed by atoms with E-state index in [1.807, 2.05) is 0 Å². The molecular formula is C13H9F5N2. The Morgan fingerprint density at radius 3 is 2.35 bits per heavy atom. The number of nitrogens with two attached hydrogens (primary N) is 1. The minimum atomic E-state index is -4.70. The van der Waals surface area contributed by atoms with Crippen molar-refractivity contribution in [2.75, 3.05) is 0 Å². The average molecular weight is 288 g/mol. The Balaban J connectivity index is 2.57. The summed E-state index contributed by atoms with van der Waals surface area (Å²) >= 11 is 0. The molecule has 0 saturated heterocycles. The first-order valence-electron chi connectivity index (χ1n) is 5.52. The Hall–Kier alpha value is -2.02. The standard InChI is InChI=1S/C13H9F5N2/c14-7-1-2-10(13(16,17)18)9(5-7)12(19)8-3-4-20-6-11(8)15/h1-6,12H,19H2. The highest BCUT2D eigenvalue weighted by molar-refractivity contribution is 5.38. The molecule has 0 spiro atoms. The quantitative estimate of drug-likeness (QED) is 0.860. The van der Waals surface area contributed by atoms with Gasteiger partial charge in [-0.3, -0.25) is 4.98 Å². The zero-order valence-electron chi connectivity index (χ0n) is 9.96. The van der Waals surface area contributed by atoms with E-state index in [0.717, 1.165) is 12.3 Å². The summed E-state index contributed by atoms with van der Waals surface area (Å²) in [5, 5.41) is 0. The van der Waals surface area contributed by atoms with Gasteiger partial charge in [0.15, 0.2) is 0 Å². The van der Waals surface area contributed by atoms with E-state index in [0.29, 0.717) is 18.2 Å². The second kappa shape index (κ2) is 5.16.